The van der Waals surface area contributed by atoms with E-state index in [0.29, 0.717) is 32.6 Å². The normalized spacial score (nSPS) is 27.8. The van der Waals surface area contributed by atoms with Crippen LogP contribution in [-0.4, -0.2) is 55.2 Å². The van der Waals surface area contributed by atoms with Gasteiger partial charge in [0.05, 0.1) is 0 Å². The smallest absolute Gasteiger partial charge is 0.282 e. The summed E-state index contributed by atoms with van der Waals surface area (Å²) in [5.74, 6) is -0.174. The van der Waals surface area contributed by atoms with Crippen LogP contribution in [0.2, 0.25) is 0 Å². The van der Waals surface area contributed by atoms with Crippen LogP contribution in [0.5, 0.6) is 0 Å². The molecule has 2 fully saturated rings. The van der Waals surface area contributed by atoms with Crippen molar-refractivity contribution in [3.05, 3.63) is 0 Å². The SMILES string of the molecule is CCC1C(=O)NCCN1S(=O)(=O)N1CCCCCC1. The van der Waals surface area contributed by atoms with E-state index in [-0.39, 0.29) is 5.91 Å². The molecule has 0 aliphatic carbocycles. The number of rotatable bonds is 3. The second kappa shape index (κ2) is 6.19. The Kier molecular flexibility index (Phi) is 4.81. The van der Waals surface area contributed by atoms with Crippen molar-refractivity contribution in [2.45, 2.75) is 45.1 Å². The van der Waals surface area contributed by atoms with E-state index in [0.717, 1.165) is 25.7 Å². The van der Waals surface area contributed by atoms with Gasteiger partial charge in [0.15, 0.2) is 0 Å². The summed E-state index contributed by atoms with van der Waals surface area (Å²) in [7, 11) is -3.50. The van der Waals surface area contributed by atoms with Crippen molar-refractivity contribution >= 4 is 16.1 Å². The first kappa shape index (κ1) is 14.7. The maximum absolute atomic E-state index is 12.7. The number of nitrogens with zero attached hydrogens (tertiary/aromatic N) is 2. The van der Waals surface area contributed by atoms with Crippen molar-refractivity contribution in [1.82, 2.24) is 13.9 Å². The van der Waals surface area contributed by atoms with Crippen molar-refractivity contribution in [3.8, 4) is 0 Å². The van der Waals surface area contributed by atoms with Gasteiger partial charge in [-0.3, -0.25) is 4.79 Å². The number of carbonyl (C=O) groups is 1. The Labute approximate surface area is 115 Å². The van der Waals surface area contributed by atoms with E-state index in [4.69, 9.17) is 0 Å². The van der Waals surface area contributed by atoms with Crippen LogP contribution in [0.1, 0.15) is 39.0 Å². The standard InChI is InChI=1S/C12H23N3O3S/c1-2-11-12(16)13-7-10-15(11)19(17,18)14-8-5-3-4-6-9-14/h11H,2-10H2,1H3,(H,13,16). The largest absolute Gasteiger partial charge is 0.353 e. The topological polar surface area (TPSA) is 69.7 Å². The van der Waals surface area contributed by atoms with E-state index in [1.54, 1.807) is 4.31 Å². The highest BCUT2D eigenvalue weighted by Gasteiger charge is 2.39. The van der Waals surface area contributed by atoms with E-state index in [1.165, 1.54) is 4.31 Å². The van der Waals surface area contributed by atoms with Gasteiger partial charge >= 0.3 is 0 Å². The van der Waals surface area contributed by atoms with Gasteiger partial charge in [-0.05, 0) is 19.3 Å². The van der Waals surface area contributed by atoms with Crippen LogP contribution in [0.25, 0.3) is 0 Å². The van der Waals surface area contributed by atoms with Gasteiger partial charge in [0.1, 0.15) is 6.04 Å². The number of nitrogens with one attached hydrogen (secondary N) is 1. The first-order valence-corrected chi connectivity index (χ1v) is 8.51. The first-order valence-electron chi connectivity index (χ1n) is 7.12. The molecule has 0 spiro atoms. The fourth-order valence-corrected chi connectivity index (χ4v) is 4.68. The molecule has 2 rings (SSSR count). The highest BCUT2D eigenvalue weighted by molar-refractivity contribution is 7.86. The molecule has 0 radical (unpaired) electrons. The highest BCUT2D eigenvalue weighted by Crippen LogP contribution is 2.20. The predicted molar refractivity (Wildman–Crippen MR) is 72.8 cm³/mol. The summed E-state index contributed by atoms with van der Waals surface area (Å²) in [5, 5.41) is 2.74. The van der Waals surface area contributed by atoms with Gasteiger partial charge in [-0.2, -0.15) is 17.0 Å². The Hall–Kier alpha value is -0.660. The molecule has 2 aliphatic rings. The average molecular weight is 289 g/mol. The molecule has 0 aromatic rings. The van der Waals surface area contributed by atoms with Gasteiger partial charge in [-0.1, -0.05) is 19.8 Å². The van der Waals surface area contributed by atoms with E-state index >= 15 is 0 Å². The Bertz CT molecular complexity index is 416. The summed E-state index contributed by atoms with van der Waals surface area (Å²) in [5.41, 5.74) is 0. The molecule has 2 aliphatic heterocycles. The molecule has 1 unspecified atom stereocenters. The van der Waals surface area contributed by atoms with Crippen LogP contribution in [-0.2, 0) is 15.0 Å². The average Bonchev–Trinajstić information content (AvgIpc) is 2.67. The van der Waals surface area contributed by atoms with E-state index in [2.05, 4.69) is 5.32 Å². The van der Waals surface area contributed by atoms with Gasteiger partial charge in [0.25, 0.3) is 10.2 Å². The Morgan fingerprint density at radius 3 is 2.37 bits per heavy atom. The molecule has 0 aromatic carbocycles. The summed E-state index contributed by atoms with van der Waals surface area (Å²) >= 11 is 0. The molecule has 2 heterocycles. The van der Waals surface area contributed by atoms with Gasteiger partial charge in [0.2, 0.25) is 5.91 Å². The lowest BCUT2D eigenvalue weighted by Crippen LogP contribution is -2.59. The van der Waals surface area contributed by atoms with Gasteiger partial charge in [-0.15, -0.1) is 0 Å². The molecule has 110 valence electrons. The molecule has 1 N–H and O–H groups in total. The van der Waals surface area contributed by atoms with Gasteiger partial charge in [0, 0.05) is 26.2 Å². The zero-order valence-electron chi connectivity index (χ0n) is 11.5. The monoisotopic (exact) mass is 289 g/mol. The minimum atomic E-state index is -3.50. The number of piperazine rings is 1. The first-order chi connectivity index (χ1) is 9.07. The zero-order chi connectivity index (χ0) is 13.9. The maximum atomic E-state index is 12.7. The lowest BCUT2D eigenvalue weighted by atomic mass is 10.2. The van der Waals surface area contributed by atoms with E-state index in [9.17, 15) is 13.2 Å². The van der Waals surface area contributed by atoms with Crippen molar-refractivity contribution < 1.29 is 13.2 Å². The summed E-state index contributed by atoms with van der Waals surface area (Å²) in [6, 6.07) is -0.554. The lowest BCUT2D eigenvalue weighted by Gasteiger charge is -2.36. The summed E-state index contributed by atoms with van der Waals surface area (Å²) < 4.78 is 28.3. The number of carbonyl (C=O) groups excluding carboxylic acids is 1. The molecule has 0 aromatic heterocycles. The van der Waals surface area contributed by atoms with Crippen LogP contribution >= 0.6 is 0 Å². The van der Waals surface area contributed by atoms with Crippen molar-refractivity contribution in [2.75, 3.05) is 26.2 Å². The van der Waals surface area contributed by atoms with Crippen molar-refractivity contribution in [3.63, 3.8) is 0 Å². The Balaban J connectivity index is 2.18. The highest BCUT2D eigenvalue weighted by atomic mass is 32.2. The van der Waals surface area contributed by atoms with Crippen LogP contribution < -0.4 is 5.32 Å². The number of hydrogen-bond donors (Lipinski definition) is 1. The Morgan fingerprint density at radius 2 is 1.79 bits per heavy atom. The van der Waals surface area contributed by atoms with E-state index in [1.807, 2.05) is 6.92 Å². The van der Waals surface area contributed by atoms with Gasteiger partial charge in [-0.25, -0.2) is 0 Å². The molecule has 1 atom stereocenters. The number of hydrogen-bond acceptors (Lipinski definition) is 3. The molecule has 2 saturated heterocycles. The summed E-state index contributed by atoms with van der Waals surface area (Å²) in [6.45, 7) is 3.79. The zero-order valence-corrected chi connectivity index (χ0v) is 12.3. The third-order valence-electron chi connectivity index (χ3n) is 3.86. The van der Waals surface area contributed by atoms with Crippen LogP contribution in [0.15, 0.2) is 0 Å². The fourth-order valence-electron chi connectivity index (χ4n) is 2.78. The molecule has 19 heavy (non-hydrogen) atoms. The van der Waals surface area contributed by atoms with Crippen molar-refractivity contribution in [1.29, 1.82) is 0 Å². The van der Waals surface area contributed by atoms with Gasteiger partial charge < -0.3 is 5.32 Å². The minimum absolute atomic E-state index is 0.174. The minimum Gasteiger partial charge on any atom is -0.353 e. The second-order valence-electron chi connectivity index (χ2n) is 5.15. The molecular formula is C12H23N3O3S. The molecule has 1 amide bonds. The quantitative estimate of drug-likeness (QED) is 0.813. The van der Waals surface area contributed by atoms with Crippen LogP contribution in [0, 0.1) is 0 Å². The molecule has 0 bridgehead atoms. The van der Waals surface area contributed by atoms with Crippen molar-refractivity contribution in [2.24, 2.45) is 0 Å². The van der Waals surface area contributed by atoms with Crippen LogP contribution in [0.3, 0.4) is 0 Å². The summed E-state index contributed by atoms with van der Waals surface area (Å²) in [6.07, 6.45) is 4.51. The fraction of sp³-hybridized carbons (Fsp3) is 0.917. The third-order valence-corrected chi connectivity index (χ3v) is 5.90. The predicted octanol–water partition coefficient (Wildman–Crippen LogP) is 0.318. The lowest BCUT2D eigenvalue weighted by molar-refractivity contribution is -0.126. The molecule has 7 heteroatoms. The molecule has 6 nitrogen and oxygen atoms in total. The maximum Gasteiger partial charge on any atom is 0.282 e. The summed E-state index contributed by atoms with van der Waals surface area (Å²) in [4.78, 5) is 11.8. The third kappa shape index (κ3) is 3.09. The molecular weight excluding hydrogens is 266 g/mol. The molecule has 0 saturated carbocycles. The van der Waals surface area contributed by atoms with E-state index < -0.39 is 16.3 Å². The second-order valence-corrected chi connectivity index (χ2v) is 7.03. The van der Waals surface area contributed by atoms with Crippen LogP contribution in [0.4, 0.5) is 0 Å². The Morgan fingerprint density at radius 1 is 1.16 bits per heavy atom. The number of amides is 1.